The van der Waals surface area contributed by atoms with Gasteiger partial charge in [0.25, 0.3) is 5.91 Å². The fourth-order valence-corrected chi connectivity index (χ4v) is 5.35. The molecule has 0 unspecified atom stereocenters. The molecule has 5 rings (SSSR count). The third-order valence-electron chi connectivity index (χ3n) is 6.14. The SMILES string of the molecule is COc1cc(-c2n[nH]c(-c3ccc(NC(=O)c4cccc(CN5CCS(=O)(=O)CC5)c4)cc3)n2)ccn1. The summed E-state index contributed by atoms with van der Waals surface area (Å²) in [5, 5.41) is 10.1. The predicted molar refractivity (Wildman–Crippen MR) is 140 cm³/mol. The van der Waals surface area contributed by atoms with Gasteiger partial charge in [-0.25, -0.2) is 18.4 Å². The summed E-state index contributed by atoms with van der Waals surface area (Å²) < 4.78 is 28.5. The molecule has 11 heteroatoms. The second-order valence-electron chi connectivity index (χ2n) is 8.75. The molecule has 2 aromatic heterocycles. The number of rotatable bonds is 7. The van der Waals surface area contributed by atoms with E-state index in [1.807, 2.05) is 42.5 Å². The second-order valence-corrected chi connectivity index (χ2v) is 11.1. The molecular formula is C26H26N6O4S. The minimum absolute atomic E-state index is 0.178. The molecule has 2 N–H and O–H groups in total. The standard InChI is InChI=1S/C26H26N6O4S/c1-36-23-16-20(9-10-27-23)25-29-24(30-31-25)19-5-7-22(8-6-19)28-26(33)21-4-2-3-18(15-21)17-32-11-13-37(34,35)14-12-32/h2-10,15-16H,11-14,17H2,1H3,(H,28,33)(H,29,30,31). The van der Waals surface area contributed by atoms with Crippen molar-refractivity contribution in [3.63, 3.8) is 0 Å². The van der Waals surface area contributed by atoms with E-state index in [1.54, 1.807) is 31.5 Å². The van der Waals surface area contributed by atoms with Gasteiger partial charge < -0.3 is 10.1 Å². The Morgan fingerprint density at radius 2 is 1.84 bits per heavy atom. The molecule has 0 aliphatic carbocycles. The van der Waals surface area contributed by atoms with Crippen LogP contribution in [-0.4, -0.2) is 71.1 Å². The Morgan fingerprint density at radius 3 is 2.59 bits per heavy atom. The number of hydrogen-bond donors (Lipinski definition) is 2. The summed E-state index contributed by atoms with van der Waals surface area (Å²) in [6.45, 7) is 1.62. The topological polar surface area (TPSA) is 130 Å². The average molecular weight is 519 g/mol. The molecule has 0 atom stereocenters. The Hall–Kier alpha value is -4.09. The number of nitrogens with zero attached hydrogens (tertiary/aromatic N) is 4. The van der Waals surface area contributed by atoms with Gasteiger partial charge in [-0.3, -0.25) is 14.8 Å². The second kappa shape index (κ2) is 10.5. The molecule has 1 aliphatic heterocycles. The van der Waals surface area contributed by atoms with E-state index < -0.39 is 9.84 Å². The number of ether oxygens (including phenoxy) is 1. The third-order valence-corrected chi connectivity index (χ3v) is 7.75. The smallest absolute Gasteiger partial charge is 0.255 e. The normalized spacial score (nSPS) is 15.3. The maximum absolute atomic E-state index is 12.9. The monoisotopic (exact) mass is 518 g/mol. The number of H-pyrrole nitrogens is 1. The van der Waals surface area contributed by atoms with E-state index in [2.05, 4.69) is 30.4 Å². The van der Waals surface area contributed by atoms with Crippen LogP contribution in [0.2, 0.25) is 0 Å². The molecule has 0 radical (unpaired) electrons. The van der Waals surface area contributed by atoms with Gasteiger partial charge in [0, 0.05) is 54.3 Å². The van der Waals surface area contributed by atoms with Gasteiger partial charge in [0.05, 0.1) is 18.6 Å². The van der Waals surface area contributed by atoms with Crippen LogP contribution in [0.3, 0.4) is 0 Å². The number of carbonyl (C=O) groups is 1. The average Bonchev–Trinajstić information content (AvgIpc) is 3.41. The van der Waals surface area contributed by atoms with E-state index in [9.17, 15) is 13.2 Å². The van der Waals surface area contributed by atoms with Crippen molar-refractivity contribution in [1.82, 2.24) is 25.1 Å². The Balaban J connectivity index is 1.22. The molecule has 0 saturated carbocycles. The first-order valence-corrected chi connectivity index (χ1v) is 13.6. The molecule has 37 heavy (non-hydrogen) atoms. The van der Waals surface area contributed by atoms with Gasteiger partial charge in [-0.15, -0.1) is 0 Å². The summed E-state index contributed by atoms with van der Waals surface area (Å²) in [5.41, 5.74) is 3.77. The Kier molecular flexibility index (Phi) is 6.97. The van der Waals surface area contributed by atoms with Gasteiger partial charge >= 0.3 is 0 Å². The number of hydrogen-bond acceptors (Lipinski definition) is 8. The van der Waals surface area contributed by atoms with Crippen molar-refractivity contribution in [1.29, 1.82) is 0 Å². The van der Waals surface area contributed by atoms with Crippen molar-refractivity contribution in [3.05, 3.63) is 78.0 Å². The largest absolute Gasteiger partial charge is 0.481 e. The van der Waals surface area contributed by atoms with E-state index in [1.165, 1.54) is 0 Å². The summed E-state index contributed by atoms with van der Waals surface area (Å²) >= 11 is 0. The van der Waals surface area contributed by atoms with Crippen molar-refractivity contribution in [2.45, 2.75) is 6.54 Å². The number of benzene rings is 2. The maximum Gasteiger partial charge on any atom is 0.255 e. The quantitative estimate of drug-likeness (QED) is 0.382. The van der Waals surface area contributed by atoms with Gasteiger partial charge in [0.15, 0.2) is 21.5 Å². The zero-order valence-electron chi connectivity index (χ0n) is 20.2. The van der Waals surface area contributed by atoms with Gasteiger partial charge in [0.2, 0.25) is 5.88 Å². The molecular weight excluding hydrogens is 492 g/mol. The Morgan fingerprint density at radius 1 is 1.05 bits per heavy atom. The molecule has 1 aliphatic rings. The molecule has 10 nitrogen and oxygen atoms in total. The van der Waals surface area contributed by atoms with Gasteiger partial charge in [0.1, 0.15) is 0 Å². The summed E-state index contributed by atoms with van der Waals surface area (Å²) in [4.78, 5) is 23.6. The highest BCUT2D eigenvalue weighted by molar-refractivity contribution is 7.91. The summed E-state index contributed by atoms with van der Waals surface area (Å²) in [5.74, 6) is 1.75. The van der Waals surface area contributed by atoms with Crippen LogP contribution in [0.4, 0.5) is 5.69 Å². The lowest BCUT2D eigenvalue weighted by atomic mass is 10.1. The van der Waals surface area contributed by atoms with E-state index in [-0.39, 0.29) is 17.4 Å². The highest BCUT2D eigenvalue weighted by Gasteiger charge is 2.21. The summed E-state index contributed by atoms with van der Waals surface area (Å²) in [7, 11) is -1.37. The molecule has 2 aromatic carbocycles. The number of aromatic nitrogens is 4. The molecule has 1 saturated heterocycles. The molecule has 190 valence electrons. The minimum atomic E-state index is -2.92. The number of carbonyl (C=O) groups excluding carboxylic acids is 1. The van der Waals surface area contributed by atoms with Crippen LogP contribution in [0.25, 0.3) is 22.8 Å². The molecule has 4 aromatic rings. The number of pyridine rings is 1. The number of sulfone groups is 1. The van der Waals surface area contributed by atoms with Gasteiger partial charge in [-0.2, -0.15) is 5.10 Å². The Bertz CT molecular complexity index is 1500. The van der Waals surface area contributed by atoms with Crippen LogP contribution in [0.1, 0.15) is 15.9 Å². The van der Waals surface area contributed by atoms with E-state index in [4.69, 9.17) is 4.74 Å². The van der Waals surface area contributed by atoms with Crippen LogP contribution >= 0.6 is 0 Å². The van der Waals surface area contributed by atoms with E-state index in [0.717, 1.165) is 16.7 Å². The van der Waals surface area contributed by atoms with Crippen LogP contribution in [0, 0.1) is 0 Å². The lowest BCUT2D eigenvalue weighted by Crippen LogP contribution is -2.39. The Labute approximate surface area is 214 Å². The number of methoxy groups -OCH3 is 1. The number of anilines is 1. The maximum atomic E-state index is 12.9. The van der Waals surface area contributed by atoms with E-state index in [0.29, 0.717) is 48.4 Å². The van der Waals surface area contributed by atoms with Crippen LogP contribution in [0.5, 0.6) is 5.88 Å². The fraction of sp³-hybridized carbons (Fsp3) is 0.231. The van der Waals surface area contributed by atoms with E-state index >= 15 is 0 Å². The first kappa shape index (κ1) is 24.6. The lowest BCUT2D eigenvalue weighted by molar-refractivity contribution is 0.102. The number of amides is 1. The number of aromatic amines is 1. The van der Waals surface area contributed by atoms with Gasteiger partial charge in [-0.1, -0.05) is 12.1 Å². The minimum Gasteiger partial charge on any atom is -0.481 e. The molecule has 1 fully saturated rings. The van der Waals surface area contributed by atoms with Crippen molar-refractivity contribution in [2.24, 2.45) is 0 Å². The zero-order chi connectivity index (χ0) is 25.8. The highest BCUT2D eigenvalue weighted by atomic mass is 32.2. The molecule has 0 bridgehead atoms. The molecule has 1 amide bonds. The van der Waals surface area contributed by atoms with Crippen molar-refractivity contribution < 1.29 is 17.9 Å². The van der Waals surface area contributed by atoms with Crippen LogP contribution in [-0.2, 0) is 16.4 Å². The molecule has 0 spiro atoms. The zero-order valence-corrected chi connectivity index (χ0v) is 21.0. The summed E-state index contributed by atoms with van der Waals surface area (Å²) in [6.07, 6.45) is 1.64. The highest BCUT2D eigenvalue weighted by Crippen LogP contribution is 2.23. The first-order chi connectivity index (χ1) is 17.9. The van der Waals surface area contributed by atoms with Crippen LogP contribution in [0.15, 0.2) is 66.9 Å². The first-order valence-electron chi connectivity index (χ1n) is 11.7. The third kappa shape index (κ3) is 6.01. The number of nitrogens with one attached hydrogen (secondary N) is 2. The van der Waals surface area contributed by atoms with Gasteiger partial charge in [-0.05, 0) is 48.0 Å². The lowest BCUT2D eigenvalue weighted by Gasteiger charge is -2.26. The van der Waals surface area contributed by atoms with Crippen LogP contribution < -0.4 is 10.1 Å². The molecule has 3 heterocycles. The van der Waals surface area contributed by atoms with Crippen molar-refractivity contribution in [3.8, 4) is 28.7 Å². The summed E-state index contributed by atoms with van der Waals surface area (Å²) in [6, 6.07) is 18.3. The predicted octanol–water partition coefficient (Wildman–Crippen LogP) is 3.03. The fourth-order valence-electron chi connectivity index (χ4n) is 4.07. The van der Waals surface area contributed by atoms with Crippen molar-refractivity contribution in [2.75, 3.05) is 37.0 Å². The van der Waals surface area contributed by atoms with Crippen molar-refractivity contribution >= 4 is 21.4 Å².